The van der Waals surface area contributed by atoms with E-state index in [0.29, 0.717) is 17.3 Å². The first-order valence-corrected chi connectivity index (χ1v) is 7.56. The van der Waals surface area contributed by atoms with Crippen LogP contribution in [0.1, 0.15) is 31.0 Å². The van der Waals surface area contributed by atoms with Crippen molar-refractivity contribution in [3.05, 3.63) is 61.4 Å². The normalized spacial score (nSPS) is 13.4. The van der Waals surface area contributed by atoms with Crippen molar-refractivity contribution < 1.29 is 21.1 Å². The van der Waals surface area contributed by atoms with Crippen LogP contribution in [0.5, 0.6) is 0 Å². The summed E-state index contributed by atoms with van der Waals surface area (Å²) in [5.74, 6) is 0. The van der Waals surface area contributed by atoms with Crippen LogP contribution in [0.4, 0.5) is 0 Å². The molecule has 3 rings (SSSR count). The molecule has 0 saturated heterocycles. The van der Waals surface area contributed by atoms with E-state index in [0.717, 1.165) is 36.9 Å². The predicted molar refractivity (Wildman–Crippen MR) is 82.5 cm³/mol. The second kappa shape index (κ2) is 6.97. The summed E-state index contributed by atoms with van der Waals surface area (Å²) in [5.41, 5.74) is 1.73. The monoisotopic (exact) mass is 487 g/mol. The molecule has 0 unspecified atom stereocenters. The van der Waals surface area contributed by atoms with Crippen molar-refractivity contribution in [3.8, 4) is 5.69 Å². The molecule has 2 aromatic rings. The third-order valence-corrected chi connectivity index (χ3v) is 4.22. The van der Waals surface area contributed by atoms with Crippen molar-refractivity contribution in [3.63, 3.8) is 0 Å². The SMILES string of the molecule is CCn1c2c(c(=O)n(-c3c[c-]c(Cl)cc3)c1=O)CCCC2.[W+2]. The van der Waals surface area contributed by atoms with Gasteiger partial charge in [-0.1, -0.05) is 10.7 Å². The summed E-state index contributed by atoms with van der Waals surface area (Å²) >= 11 is 5.83. The van der Waals surface area contributed by atoms with Crippen molar-refractivity contribution >= 4 is 11.6 Å². The average molecular weight is 488 g/mol. The second-order valence-corrected chi connectivity index (χ2v) is 5.60. The van der Waals surface area contributed by atoms with Crippen LogP contribution in [0.15, 0.2) is 27.8 Å². The van der Waals surface area contributed by atoms with E-state index in [9.17, 15) is 9.59 Å². The van der Waals surface area contributed by atoms with Crippen molar-refractivity contribution in [2.24, 2.45) is 0 Å². The van der Waals surface area contributed by atoms with Gasteiger partial charge in [0.1, 0.15) is 0 Å². The van der Waals surface area contributed by atoms with Crippen molar-refractivity contribution in [2.75, 3.05) is 0 Å². The van der Waals surface area contributed by atoms with E-state index in [1.54, 1.807) is 22.8 Å². The van der Waals surface area contributed by atoms with E-state index < -0.39 is 0 Å². The number of hydrogen-bond acceptors (Lipinski definition) is 2. The predicted octanol–water partition coefficient (Wildman–Crippen LogP) is 2.35. The first-order valence-electron chi connectivity index (χ1n) is 7.18. The van der Waals surface area contributed by atoms with Crippen molar-refractivity contribution in [1.29, 1.82) is 0 Å². The van der Waals surface area contributed by atoms with Gasteiger partial charge in [-0.3, -0.25) is 13.9 Å². The Hall–Kier alpha value is -1.12. The summed E-state index contributed by atoms with van der Waals surface area (Å²) in [6.45, 7) is 2.50. The number of benzene rings is 1. The van der Waals surface area contributed by atoms with Crippen molar-refractivity contribution in [1.82, 2.24) is 9.13 Å². The Kier molecular flexibility index (Phi) is 5.46. The minimum absolute atomic E-state index is 0. The molecule has 1 heterocycles. The molecule has 1 aromatic carbocycles. The smallest absolute Gasteiger partial charge is 0.298 e. The topological polar surface area (TPSA) is 44.0 Å². The minimum atomic E-state index is -0.279. The van der Waals surface area contributed by atoms with Crippen LogP contribution >= 0.6 is 11.6 Å². The molecule has 0 spiro atoms. The Bertz CT molecular complexity index is 762. The Morgan fingerprint density at radius 1 is 1.23 bits per heavy atom. The van der Waals surface area contributed by atoms with Crippen molar-refractivity contribution in [2.45, 2.75) is 39.2 Å². The van der Waals surface area contributed by atoms with Gasteiger partial charge >= 0.3 is 26.8 Å². The van der Waals surface area contributed by atoms with Gasteiger partial charge in [0.2, 0.25) is 0 Å². The van der Waals surface area contributed by atoms with Gasteiger partial charge in [-0.2, -0.15) is 18.2 Å². The van der Waals surface area contributed by atoms with E-state index >= 15 is 0 Å². The van der Waals surface area contributed by atoms with Crippen LogP contribution in [0.2, 0.25) is 5.02 Å². The third-order valence-electron chi connectivity index (χ3n) is 3.98. The summed E-state index contributed by atoms with van der Waals surface area (Å²) in [7, 11) is 0. The maximum atomic E-state index is 12.7. The fourth-order valence-corrected chi connectivity index (χ4v) is 3.08. The van der Waals surface area contributed by atoms with Crippen LogP contribution in [0.3, 0.4) is 0 Å². The van der Waals surface area contributed by atoms with E-state index in [-0.39, 0.29) is 32.3 Å². The summed E-state index contributed by atoms with van der Waals surface area (Å²) in [4.78, 5) is 25.3. The third kappa shape index (κ3) is 2.87. The van der Waals surface area contributed by atoms with Crippen LogP contribution in [-0.4, -0.2) is 9.13 Å². The molecule has 4 nitrogen and oxygen atoms in total. The van der Waals surface area contributed by atoms with Crippen LogP contribution in [0.25, 0.3) is 5.69 Å². The van der Waals surface area contributed by atoms with Gasteiger partial charge in [0.05, 0.1) is 0 Å². The molecule has 0 saturated carbocycles. The summed E-state index contributed by atoms with van der Waals surface area (Å²) in [6, 6.07) is 7.73. The molecular formula is C16H16ClN2O2W+. The van der Waals surface area contributed by atoms with Gasteiger partial charge in [0.15, 0.2) is 0 Å². The fraction of sp³-hybridized carbons (Fsp3) is 0.375. The molecule has 0 amide bonds. The molecule has 114 valence electrons. The zero-order valence-electron chi connectivity index (χ0n) is 12.3. The largest absolute Gasteiger partial charge is 2.00 e. The van der Waals surface area contributed by atoms with Gasteiger partial charge in [-0.25, -0.2) is 4.79 Å². The number of rotatable bonds is 2. The first kappa shape index (κ1) is 17.2. The molecule has 1 aliphatic rings. The number of nitrogens with zero attached hydrogens (tertiary/aromatic N) is 2. The Morgan fingerprint density at radius 2 is 1.95 bits per heavy atom. The summed E-state index contributed by atoms with van der Waals surface area (Å²) in [5, 5.41) is 0.459. The number of halogens is 1. The second-order valence-electron chi connectivity index (χ2n) is 5.19. The molecule has 1 aromatic heterocycles. The average Bonchev–Trinajstić information content (AvgIpc) is 2.50. The molecule has 0 N–H and O–H groups in total. The molecular weight excluding hydrogens is 471 g/mol. The maximum absolute atomic E-state index is 12.7. The molecule has 0 atom stereocenters. The molecule has 0 bridgehead atoms. The first-order chi connectivity index (χ1) is 10.1. The molecule has 6 heteroatoms. The number of hydrogen-bond donors (Lipinski definition) is 0. The number of aromatic nitrogens is 2. The minimum Gasteiger partial charge on any atom is -0.298 e. The van der Waals surface area contributed by atoms with E-state index in [1.165, 1.54) is 4.57 Å². The zero-order chi connectivity index (χ0) is 15.0. The molecule has 0 fully saturated rings. The quantitative estimate of drug-likeness (QED) is 0.611. The molecule has 0 aliphatic heterocycles. The molecule has 1 aliphatic carbocycles. The standard InChI is InChI=1S/C16H16ClN2O2.W/c1-2-18-14-6-4-3-5-13(14)15(20)19(16(18)21)12-9-7-11(17)8-10-12;/h7,9-10H,2-6H2,1H3;/q-1;+2. The summed E-state index contributed by atoms with van der Waals surface area (Å²) in [6.07, 6.45) is 3.58. The van der Waals surface area contributed by atoms with Crippen LogP contribution < -0.4 is 11.2 Å². The number of fused-ring (bicyclic) bond motifs is 1. The zero-order valence-corrected chi connectivity index (χ0v) is 16.0. The molecule has 22 heavy (non-hydrogen) atoms. The van der Waals surface area contributed by atoms with Gasteiger partial charge < -0.3 is 0 Å². The van der Waals surface area contributed by atoms with Gasteiger partial charge in [-0.05, 0) is 32.6 Å². The maximum Gasteiger partial charge on any atom is 2.00 e. The van der Waals surface area contributed by atoms with Gasteiger partial charge in [0, 0.05) is 17.8 Å². The van der Waals surface area contributed by atoms with Crippen LogP contribution in [0, 0.1) is 6.07 Å². The van der Waals surface area contributed by atoms with Crippen LogP contribution in [-0.2, 0) is 40.5 Å². The Balaban J connectivity index is 0.00000176. The van der Waals surface area contributed by atoms with E-state index in [2.05, 4.69) is 6.07 Å². The fourth-order valence-electron chi connectivity index (χ4n) is 2.97. The van der Waals surface area contributed by atoms with Gasteiger partial charge in [-0.15, -0.1) is 17.7 Å². The van der Waals surface area contributed by atoms with E-state index in [4.69, 9.17) is 11.6 Å². The summed E-state index contributed by atoms with van der Waals surface area (Å²) < 4.78 is 2.95. The van der Waals surface area contributed by atoms with Gasteiger partial charge in [0.25, 0.3) is 5.56 Å². The molecule has 0 radical (unpaired) electrons. The Morgan fingerprint density at radius 3 is 2.59 bits per heavy atom. The van der Waals surface area contributed by atoms with E-state index in [1.807, 2.05) is 6.92 Å². The Labute approximate surface area is 148 Å².